The second-order valence-electron chi connectivity index (χ2n) is 7.36. The Labute approximate surface area is 178 Å². The molecule has 2 aliphatic rings. The number of benzene rings is 1. The molecule has 1 aromatic carbocycles. The van der Waals surface area contributed by atoms with Gasteiger partial charge < -0.3 is 25.1 Å². The lowest BCUT2D eigenvalue weighted by Crippen LogP contribution is -2.36. The van der Waals surface area contributed by atoms with E-state index >= 15 is 0 Å². The van der Waals surface area contributed by atoms with E-state index < -0.39 is 0 Å². The normalized spacial score (nSPS) is 16.9. The summed E-state index contributed by atoms with van der Waals surface area (Å²) in [4.78, 5) is 16.6. The Morgan fingerprint density at radius 1 is 1.23 bits per heavy atom. The average molecular weight is 425 g/mol. The van der Waals surface area contributed by atoms with E-state index in [0.717, 1.165) is 59.3 Å². The molecule has 0 atom stereocenters. The number of rotatable bonds is 7. The minimum absolute atomic E-state index is 0.530. The molecule has 1 saturated heterocycles. The molecule has 2 aromatic heterocycles. The van der Waals surface area contributed by atoms with E-state index in [0.29, 0.717) is 12.0 Å². The van der Waals surface area contributed by atoms with Crippen molar-refractivity contribution >= 4 is 50.9 Å². The van der Waals surface area contributed by atoms with Crippen LogP contribution in [0.3, 0.4) is 0 Å². The molecule has 0 bridgehead atoms. The molecule has 30 heavy (non-hydrogen) atoms. The molecule has 156 valence electrons. The standard InChI is InChI=1S/C21H24N6O2S/c1-28-22-13-14-12-16(4-5-18(14)27-7-9-29-10-8-27)24-21-25-17-6-11-30-19(17)20(26-21)23-15-2-3-15/h4-6,11-13,15H,2-3,7-10H2,1H3,(H2,23,24,25,26). The quantitative estimate of drug-likeness (QED) is 0.440. The number of fused-ring (bicyclic) bond motifs is 1. The van der Waals surface area contributed by atoms with Gasteiger partial charge in [0.25, 0.3) is 0 Å². The maximum absolute atomic E-state index is 5.48. The third kappa shape index (κ3) is 4.17. The number of ether oxygens (including phenoxy) is 1. The fraction of sp³-hybridized carbons (Fsp3) is 0.381. The molecule has 1 saturated carbocycles. The summed E-state index contributed by atoms with van der Waals surface area (Å²) in [6, 6.07) is 8.75. The van der Waals surface area contributed by atoms with E-state index in [2.05, 4.69) is 37.1 Å². The lowest BCUT2D eigenvalue weighted by molar-refractivity contribution is 0.122. The molecular weight excluding hydrogens is 400 g/mol. The zero-order valence-electron chi connectivity index (χ0n) is 16.8. The first-order valence-corrected chi connectivity index (χ1v) is 11.0. The largest absolute Gasteiger partial charge is 0.399 e. The summed E-state index contributed by atoms with van der Waals surface area (Å²) in [6.45, 7) is 3.17. The maximum atomic E-state index is 5.48. The maximum Gasteiger partial charge on any atom is 0.229 e. The lowest BCUT2D eigenvalue weighted by atomic mass is 10.1. The van der Waals surface area contributed by atoms with Crippen molar-refractivity contribution < 1.29 is 9.57 Å². The zero-order valence-corrected chi connectivity index (χ0v) is 17.6. The summed E-state index contributed by atoms with van der Waals surface area (Å²) in [7, 11) is 1.55. The highest BCUT2D eigenvalue weighted by Gasteiger charge is 2.23. The van der Waals surface area contributed by atoms with Gasteiger partial charge in [-0.25, -0.2) is 4.98 Å². The van der Waals surface area contributed by atoms with Crippen LogP contribution in [0, 0.1) is 0 Å². The Morgan fingerprint density at radius 2 is 2.10 bits per heavy atom. The van der Waals surface area contributed by atoms with Crippen molar-refractivity contribution in [3.8, 4) is 0 Å². The molecule has 8 nitrogen and oxygen atoms in total. The van der Waals surface area contributed by atoms with E-state index in [9.17, 15) is 0 Å². The van der Waals surface area contributed by atoms with Crippen molar-refractivity contribution in [2.24, 2.45) is 5.16 Å². The SMILES string of the molecule is CON=Cc1cc(Nc2nc(NC3CC3)c3sccc3n2)ccc1N1CCOCC1. The van der Waals surface area contributed by atoms with Crippen LogP contribution in [0.4, 0.5) is 23.1 Å². The molecule has 3 heterocycles. The number of oxime groups is 1. The number of hydrogen-bond acceptors (Lipinski definition) is 9. The first-order valence-electron chi connectivity index (χ1n) is 10.1. The smallest absolute Gasteiger partial charge is 0.229 e. The van der Waals surface area contributed by atoms with Crippen LogP contribution in [0.1, 0.15) is 18.4 Å². The third-order valence-corrected chi connectivity index (χ3v) is 6.06. The molecule has 9 heteroatoms. The number of morpholine rings is 1. The van der Waals surface area contributed by atoms with E-state index in [1.807, 2.05) is 18.2 Å². The predicted octanol–water partition coefficient (Wildman–Crippen LogP) is 3.83. The van der Waals surface area contributed by atoms with Crippen LogP contribution < -0.4 is 15.5 Å². The number of nitrogens with zero attached hydrogens (tertiary/aromatic N) is 4. The highest BCUT2D eigenvalue weighted by Crippen LogP contribution is 2.33. The van der Waals surface area contributed by atoms with E-state index in [1.54, 1.807) is 24.7 Å². The van der Waals surface area contributed by atoms with E-state index in [4.69, 9.17) is 14.6 Å². The molecule has 2 N–H and O–H groups in total. The number of hydrogen-bond donors (Lipinski definition) is 2. The minimum atomic E-state index is 0.530. The molecular formula is C21H24N6O2S. The van der Waals surface area contributed by atoms with Gasteiger partial charge in [0.15, 0.2) is 0 Å². The van der Waals surface area contributed by atoms with Crippen LogP contribution in [0.5, 0.6) is 0 Å². The van der Waals surface area contributed by atoms with Crippen molar-refractivity contribution in [3.63, 3.8) is 0 Å². The number of aromatic nitrogens is 2. The molecule has 1 aliphatic carbocycles. The summed E-state index contributed by atoms with van der Waals surface area (Å²) >= 11 is 1.67. The number of anilines is 4. The fourth-order valence-electron chi connectivity index (χ4n) is 3.50. The summed E-state index contributed by atoms with van der Waals surface area (Å²) in [5.74, 6) is 1.49. The first-order chi connectivity index (χ1) is 14.8. The average Bonchev–Trinajstić information content (AvgIpc) is 3.46. The number of nitrogens with one attached hydrogen (secondary N) is 2. The van der Waals surface area contributed by atoms with Gasteiger partial charge in [0.2, 0.25) is 5.95 Å². The van der Waals surface area contributed by atoms with Gasteiger partial charge in [0.1, 0.15) is 12.9 Å². The Morgan fingerprint density at radius 3 is 2.90 bits per heavy atom. The van der Waals surface area contributed by atoms with Gasteiger partial charge in [-0.15, -0.1) is 11.3 Å². The molecule has 3 aromatic rings. The second-order valence-corrected chi connectivity index (χ2v) is 8.28. The van der Waals surface area contributed by atoms with Crippen LogP contribution in [0.15, 0.2) is 34.8 Å². The van der Waals surface area contributed by atoms with Crippen molar-refractivity contribution in [3.05, 3.63) is 35.2 Å². The van der Waals surface area contributed by atoms with Crippen LogP contribution in [-0.2, 0) is 9.57 Å². The van der Waals surface area contributed by atoms with Crippen LogP contribution in [-0.4, -0.2) is 55.6 Å². The molecule has 0 radical (unpaired) electrons. The van der Waals surface area contributed by atoms with Gasteiger partial charge >= 0.3 is 0 Å². The summed E-state index contributed by atoms with van der Waals surface area (Å²) in [5, 5.41) is 12.9. The van der Waals surface area contributed by atoms with E-state index in [-0.39, 0.29) is 0 Å². The summed E-state index contributed by atoms with van der Waals surface area (Å²) < 4.78 is 6.58. The van der Waals surface area contributed by atoms with Crippen LogP contribution >= 0.6 is 11.3 Å². The van der Waals surface area contributed by atoms with Crippen molar-refractivity contribution in [1.29, 1.82) is 0 Å². The number of thiophene rings is 1. The Balaban J connectivity index is 1.44. The van der Waals surface area contributed by atoms with Crippen molar-refractivity contribution in [1.82, 2.24) is 9.97 Å². The van der Waals surface area contributed by atoms with Crippen LogP contribution in [0.25, 0.3) is 10.2 Å². The topological polar surface area (TPSA) is 83.9 Å². The molecule has 2 fully saturated rings. The Hall–Kier alpha value is -2.91. The van der Waals surface area contributed by atoms with Crippen molar-refractivity contribution in [2.45, 2.75) is 18.9 Å². The monoisotopic (exact) mass is 424 g/mol. The van der Waals surface area contributed by atoms with Gasteiger partial charge in [0, 0.05) is 36.1 Å². The zero-order chi connectivity index (χ0) is 20.3. The first kappa shape index (κ1) is 19.1. The minimum Gasteiger partial charge on any atom is -0.399 e. The van der Waals surface area contributed by atoms with Crippen LogP contribution in [0.2, 0.25) is 0 Å². The summed E-state index contributed by atoms with van der Waals surface area (Å²) in [5.41, 5.74) is 3.93. The molecule has 1 aliphatic heterocycles. The Kier molecular flexibility index (Phi) is 5.37. The van der Waals surface area contributed by atoms with Gasteiger partial charge in [-0.2, -0.15) is 4.98 Å². The van der Waals surface area contributed by atoms with Gasteiger partial charge in [0.05, 0.1) is 29.6 Å². The molecule has 0 spiro atoms. The highest BCUT2D eigenvalue weighted by molar-refractivity contribution is 7.17. The second kappa shape index (κ2) is 8.45. The lowest BCUT2D eigenvalue weighted by Gasteiger charge is -2.30. The fourth-order valence-corrected chi connectivity index (χ4v) is 4.29. The Bertz CT molecular complexity index is 1060. The third-order valence-electron chi connectivity index (χ3n) is 5.15. The molecule has 5 rings (SSSR count). The predicted molar refractivity (Wildman–Crippen MR) is 121 cm³/mol. The van der Waals surface area contributed by atoms with E-state index in [1.165, 1.54) is 12.8 Å². The molecule has 0 unspecified atom stereocenters. The summed E-state index contributed by atoms with van der Waals surface area (Å²) in [6.07, 6.45) is 4.13. The van der Waals surface area contributed by atoms with Gasteiger partial charge in [-0.1, -0.05) is 5.16 Å². The van der Waals surface area contributed by atoms with Gasteiger partial charge in [-0.05, 0) is 42.5 Å². The highest BCUT2D eigenvalue weighted by atomic mass is 32.1. The molecule has 0 amide bonds. The van der Waals surface area contributed by atoms with Crippen molar-refractivity contribution in [2.75, 3.05) is 48.9 Å². The van der Waals surface area contributed by atoms with Gasteiger partial charge in [-0.3, -0.25) is 0 Å².